The van der Waals surface area contributed by atoms with E-state index in [1.165, 1.54) is 20.8 Å². The van der Waals surface area contributed by atoms with E-state index in [0.717, 1.165) is 0 Å². The molecule has 0 fully saturated rings. The van der Waals surface area contributed by atoms with Crippen molar-refractivity contribution in [2.75, 3.05) is 0 Å². The Bertz CT molecular complexity index is 138. The zero-order valence-corrected chi connectivity index (χ0v) is 8.47. The summed E-state index contributed by atoms with van der Waals surface area (Å²) in [6.45, 7) is 4.49. The summed E-state index contributed by atoms with van der Waals surface area (Å²) in [6, 6.07) is 0. The third-order valence-corrected chi connectivity index (χ3v) is 1.16. The van der Waals surface area contributed by atoms with Crippen molar-refractivity contribution < 1.29 is 18.9 Å². The largest absolute Gasteiger partial charge is 0.790 e. The number of quaternary nitrogens is 2. The highest BCUT2D eigenvalue weighted by Crippen LogP contribution is 2.31. The molecule has 7 heteroatoms. The Labute approximate surface area is 66.4 Å². The molecule has 11 heavy (non-hydrogen) atoms. The molecule has 6 nitrogen and oxygen atoms in total. The second-order valence-electron chi connectivity index (χ2n) is 2.65. The van der Waals surface area contributed by atoms with Crippen molar-refractivity contribution in [3.8, 4) is 0 Å². The van der Waals surface area contributed by atoms with E-state index in [-0.39, 0.29) is 12.3 Å². The van der Waals surface area contributed by atoms with Gasteiger partial charge in [0.1, 0.15) is 0 Å². The Kier molecular flexibility index (Phi) is 7.54. The van der Waals surface area contributed by atoms with E-state index in [0.29, 0.717) is 0 Å². The van der Waals surface area contributed by atoms with Crippen LogP contribution >= 0.6 is 7.82 Å². The van der Waals surface area contributed by atoms with E-state index in [1.54, 1.807) is 0 Å². The first-order valence-electron chi connectivity index (χ1n) is 2.43. The van der Waals surface area contributed by atoms with Crippen molar-refractivity contribution in [2.24, 2.45) is 0 Å². The van der Waals surface area contributed by atoms with Crippen molar-refractivity contribution in [3.63, 3.8) is 0 Å². The highest BCUT2D eigenvalue weighted by atomic mass is 31.2. The minimum absolute atomic E-state index is 0. The van der Waals surface area contributed by atoms with E-state index >= 15 is 0 Å². The number of hydrogen-bond donors (Lipinski definition) is 2. The van der Waals surface area contributed by atoms with E-state index in [4.69, 9.17) is 0 Å². The predicted molar refractivity (Wildman–Crippen MR) is 40.4 cm³/mol. The van der Waals surface area contributed by atoms with Crippen molar-refractivity contribution >= 4 is 7.82 Å². The third kappa shape index (κ3) is 17.8. The van der Waals surface area contributed by atoms with Gasteiger partial charge in [-0.15, -0.1) is 0 Å². The summed E-state index contributed by atoms with van der Waals surface area (Å²) in [6.07, 6.45) is 0. The van der Waals surface area contributed by atoms with Gasteiger partial charge in [-0.25, -0.2) is 0 Å². The molecule has 0 amide bonds. The third-order valence-electron chi connectivity index (χ3n) is 0.386. The molecule has 0 aliphatic carbocycles. The smallest absolute Gasteiger partial charge is 0.0650 e. The van der Waals surface area contributed by atoms with E-state index in [1.807, 2.05) is 0 Å². The van der Waals surface area contributed by atoms with Gasteiger partial charge in [0.05, 0.1) is 13.4 Å². The average Bonchev–Trinajstić information content (AvgIpc) is 1.14. The Balaban J connectivity index is -0.000000320. The lowest BCUT2D eigenvalue weighted by Crippen LogP contribution is -2.26. The van der Waals surface area contributed by atoms with Gasteiger partial charge >= 0.3 is 0 Å². The summed E-state index contributed by atoms with van der Waals surface area (Å²) in [5.41, 5.74) is -0.904. The fraction of sp³-hybridized carbons (Fsp3) is 1.00. The molecule has 0 atom stereocenters. The molecule has 0 aromatic carbocycles. The highest BCUT2D eigenvalue weighted by molar-refractivity contribution is 7.43. The molecule has 0 saturated heterocycles. The van der Waals surface area contributed by atoms with Crippen LogP contribution in [0.1, 0.15) is 20.8 Å². The van der Waals surface area contributed by atoms with Gasteiger partial charge in [-0.2, -0.15) is 0 Å². The number of phosphoric ester groups is 1. The summed E-state index contributed by atoms with van der Waals surface area (Å²) < 4.78 is 14.0. The van der Waals surface area contributed by atoms with Gasteiger partial charge in [0, 0.05) is 0 Å². The van der Waals surface area contributed by atoms with E-state index < -0.39 is 13.4 Å². The van der Waals surface area contributed by atoms with Crippen LogP contribution in [0.25, 0.3) is 0 Å². The fourth-order valence-electron chi connectivity index (χ4n) is 0.335. The minimum atomic E-state index is -4.79. The number of phosphoric acid groups is 1. The van der Waals surface area contributed by atoms with Crippen LogP contribution in [-0.4, -0.2) is 5.60 Å². The van der Waals surface area contributed by atoms with Gasteiger partial charge in [-0.1, -0.05) is 0 Å². The maximum atomic E-state index is 9.90. The molecule has 0 aliphatic rings. The molecular formula is C4H17N2O4P. The first kappa shape index (κ1) is 17.2. The maximum absolute atomic E-state index is 9.90. The summed E-state index contributed by atoms with van der Waals surface area (Å²) in [5.74, 6) is 0. The average molecular weight is 188 g/mol. The standard InChI is InChI=1S/C4H11O4P.2H3N/c1-4(2,3)8-9(5,6)7;;/h1-3H3,(H2,5,6,7);2*1H3. The lowest BCUT2D eigenvalue weighted by atomic mass is 10.2. The lowest BCUT2D eigenvalue weighted by Gasteiger charge is -2.35. The van der Waals surface area contributed by atoms with Gasteiger partial charge in [-0.3, -0.25) is 0 Å². The van der Waals surface area contributed by atoms with Gasteiger partial charge < -0.3 is 31.2 Å². The van der Waals surface area contributed by atoms with Gasteiger partial charge in [-0.05, 0) is 20.8 Å². The zero-order chi connectivity index (χ0) is 7.71. The van der Waals surface area contributed by atoms with Crippen molar-refractivity contribution in [3.05, 3.63) is 0 Å². The topological polar surface area (TPSA) is 145 Å². The maximum Gasteiger partial charge on any atom is 0.0650 e. The normalized spacial score (nSPS) is 11.4. The number of rotatable bonds is 1. The molecule has 0 aliphatic heterocycles. The second-order valence-corrected chi connectivity index (χ2v) is 3.73. The van der Waals surface area contributed by atoms with Crippen molar-refractivity contribution in [1.29, 1.82) is 0 Å². The monoisotopic (exact) mass is 188 g/mol. The molecule has 0 aromatic rings. The fourth-order valence-corrected chi connectivity index (χ4v) is 1.01. The molecule has 0 spiro atoms. The predicted octanol–water partition coefficient (Wildman–Crippen LogP) is 0.383. The Hall–Kier alpha value is 0.0300. The molecular weight excluding hydrogens is 171 g/mol. The minimum Gasteiger partial charge on any atom is -0.790 e. The van der Waals surface area contributed by atoms with Crippen LogP contribution in [0.4, 0.5) is 0 Å². The van der Waals surface area contributed by atoms with Gasteiger partial charge in [0.2, 0.25) is 0 Å². The molecule has 72 valence electrons. The van der Waals surface area contributed by atoms with Crippen LogP contribution in [0, 0.1) is 0 Å². The molecule has 0 bridgehead atoms. The Morgan fingerprint density at radius 2 is 1.45 bits per heavy atom. The van der Waals surface area contributed by atoms with E-state index in [2.05, 4.69) is 4.52 Å². The van der Waals surface area contributed by atoms with Crippen LogP contribution < -0.4 is 22.1 Å². The summed E-state index contributed by atoms with van der Waals surface area (Å²) in [7, 11) is -4.79. The zero-order valence-electron chi connectivity index (χ0n) is 7.58. The summed E-state index contributed by atoms with van der Waals surface area (Å²) >= 11 is 0. The van der Waals surface area contributed by atoms with Crippen LogP contribution in [-0.2, 0) is 9.09 Å². The molecule has 0 heterocycles. The molecule has 0 aromatic heterocycles. The van der Waals surface area contributed by atoms with Crippen LogP contribution in [0.2, 0.25) is 0 Å². The Morgan fingerprint density at radius 1 is 1.18 bits per heavy atom. The molecule has 0 saturated carbocycles. The number of hydrogen-bond acceptors (Lipinski definition) is 4. The second kappa shape index (κ2) is 4.82. The quantitative estimate of drug-likeness (QED) is 0.572. The van der Waals surface area contributed by atoms with Crippen molar-refractivity contribution in [1.82, 2.24) is 12.3 Å². The molecule has 0 unspecified atom stereocenters. The SMILES string of the molecule is CC(C)(C)OP(=O)([O-])[O-].[NH4+].[NH4+]. The summed E-state index contributed by atoms with van der Waals surface area (Å²) in [5, 5.41) is 0. The molecule has 0 radical (unpaired) electrons. The van der Waals surface area contributed by atoms with Gasteiger partial charge in [0.25, 0.3) is 0 Å². The molecule has 0 rings (SSSR count). The highest BCUT2D eigenvalue weighted by Gasteiger charge is 2.11. The van der Waals surface area contributed by atoms with E-state index in [9.17, 15) is 14.4 Å². The Morgan fingerprint density at radius 3 is 1.45 bits per heavy atom. The first-order chi connectivity index (χ1) is 3.71. The van der Waals surface area contributed by atoms with Crippen molar-refractivity contribution in [2.45, 2.75) is 26.4 Å². The lowest BCUT2D eigenvalue weighted by molar-refractivity contribution is -0.347. The van der Waals surface area contributed by atoms with Crippen LogP contribution in [0.5, 0.6) is 0 Å². The van der Waals surface area contributed by atoms with Gasteiger partial charge in [0.15, 0.2) is 0 Å². The first-order valence-corrected chi connectivity index (χ1v) is 3.90. The summed E-state index contributed by atoms with van der Waals surface area (Å²) in [4.78, 5) is 19.8. The van der Waals surface area contributed by atoms with Crippen LogP contribution in [0.3, 0.4) is 0 Å². The van der Waals surface area contributed by atoms with Crippen LogP contribution in [0.15, 0.2) is 0 Å². The molecule has 8 N–H and O–H groups in total.